The van der Waals surface area contributed by atoms with Crippen molar-refractivity contribution in [3.8, 4) is 6.07 Å². The summed E-state index contributed by atoms with van der Waals surface area (Å²) in [5.74, 6) is 0. The van der Waals surface area contributed by atoms with E-state index in [1.165, 1.54) is 0 Å². The lowest BCUT2D eigenvalue weighted by Crippen LogP contribution is -2.18. The molecule has 0 amide bonds. The molecule has 0 saturated carbocycles. The Morgan fingerprint density at radius 1 is 1.83 bits per heavy atom. The van der Waals surface area contributed by atoms with Gasteiger partial charge in [0.15, 0.2) is 0 Å². The number of rotatable bonds is 5. The van der Waals surface area contributed by atoms with Gasteiger partial charge in [-0.05, 0) is 6.42 Å². The van der Waals surface area contributed by atoms with Gasteiger partial charge in [-0.3, -0.25) is 4.57 Å². The Morgan fingerprint density at radius 3 is 2.75 bits per heavy atom. The third kappa shape index (κ3) is 3.81. The summed E-state index contributed by atoms with van der Waals surface area (Å²) < 4.78 is 19.2. The molecular weight excluding hydrogens is 183 g/mol. The molecule has 0 aliphatic heterocycles. The summed E-state index contributed by atoms with van der Waals surface area (Å²) in [6.45, 7) is 0. The van der Waals surface area contributed by atoms with Gasteiger partial charge in [-0.1, -0.05) is 0 Å². The van der Waals surface area contributed by atoms with Crippen molar-refractivity contribution >= 4 is 7.60 Å². The van der Waals surface area contributed by atoms with Crippen LogP contribution in [0, 0.1) is 11.3 Å². The summed E-state index contributed by atoms with van der Waals surface area (Å²) >= 11 is 0. The first-order valence-corrected chi connectivity index (χ1v) is 4.94. The van der Waals surface area contributed by atoms with Crippen molar-refractivity contribution in [1.82, 2.24) is 0 Å². The van der Waals surface area contributed by atoms with Crippen LogP contribution in [0.4, 0.5) is 0 Å². The van der Waals surface area contributed by atoms with E-state index < -0.39 is 13.6 Å². The van der Waals surface area contributed by atoms with Crippen LogP contribution in [-0.4, -0.2) is 24.6 Å². The predicted molar refractivity (Wildman–Crippen MR) is 41.4 cm³/mol. The third-order valence-electron chi connectivity index (χ3n) is 1.28. The average Bonchev–Trinajstić information content (AvgIpc) is 2.13. The Kier molecular flexibility index (Phi) is 5.06. The highest BCUT2D eigenvalue weighted by Gasteiger charge is 2.23. The SMILES string of the molecule is COP(=O)(CCC(N)C#N)OO. The lowest BCUT2D eigenvalue weighted by molar-refractivity contribution is -0.147. The molecule has 0 aromatic carbocycles. The van der Waals surface area contributed by atoms with Gasteiger partial charge >= 0.3 is 7.60 Å². The van der Waals surface area contributed by atoms with E-state index in [1.54, 1.807) is 6.07 Å². The monoisotopic (exact) mass is 194 g/mol. The van der Waals surface area contributed by atoms with Crippen molar-refractivity contribution in [2.45, 2.75) is 12.5 Å². The van der Waals surface area contributed by atoms with Gasteiger partial charge in [0.1, 0.15) is 0 Å². The zero-order valence-corrected chi connectivity index (χ0v) is 7.53. The fourth-order valence-corrected chi connectivity index (χ4v) is 1.45. The zero-order chi connectivity index (χ0) is 9.61. The largest absolute Gasteiger partial charge is 0.357 e. The number of nitrogens with zero attached hydrogens (tertiary/aromatic N) is 1. The van der Waals surface area contributed by atoms with Gasteiger partial charge in [0.05, 0.1) is 18.3 Å². The molecule has 3 N–H and O–H groups in total. The van der Waals surface area contributed by atoms with E-state index in [0.29, 0.717) is 0 Å². The maximum atomic E-state index is 11.1. The summed E-state index contributed by atoms with van der Waals surface area (Å²) in [5, 5.41) is 16.4. The highest BCUT2D eigenvalue weighted by Crippen LogP contribution is 2.46. The first-order chi connectivity index (χ1) is 5.58. The summed E-state index contributed by atoms with van der Waals surface area (Å²) in [6.07, 6.45) is 0.0803. The second-order valence-electron chi connectivity index (χ2n) is 2.12. The van der Waals surface area contributed by atoms with E-state index in [2.05, 4.69) is 9.20 Å². The molecule has 0 fully saturated rings. The number of hydrogen-bond donors (Lipinski definition) is 2. The molecule has 0 rings (SSSR count). The fourth-order valence-electron chi connectivity index (χ4n) is 0.527. The molecule has 0 heterocycles. The fraction of sp³-hybridized carbons (Fsp3) is 0.800. The molecule has 0 aliphatic rings. The molecule has 0 aliphatic carbocycles. The lowest BCUT2D eigenvalue weighted by atomic mass is 10.3. The minimum Gasteiger partial charge on any atom is -0.316 e. The van der Waals surface area contributed by atoms with Crippen LogP contribution in [0.1, 0.15) is 6.42 Å². The highest BCUT2D eigenvalue weighted by atomic mass is 31.2. The second kappa shape index (κ2) is 5.25. The Balaban J connectivity index is 3.91. The summed E-state index contributed by atoms with van der Waals surface area (Å²) in [6, 6.07) is 1.03. The zero-order valence-electron chi connectivity index (χ0n) is 6.64. The van der Waals surface area contributed by atoms with Crippen molar-refractivity contribution in [3.05, 3.63) is 0 Å². The molecule has 0 saturated heterocycles. The molecule has 70 valence electrons. The van der Waals surface area contributed by atoms with Crippen molar-refractivity contribution in [2.75, 3.05) is 13.3 Å². The Bertz CT molecular complexity index is 206. The van der Waals surface area contributed by atoms with Gasteiger partial charge in [-0.15, -0.1) is 0 Å². The average molecular weight is 194 g/mol. The van der Waals surface area contributed by atoms with E-state index in [9.17, 15) is 4.57 Å². The number of hydrogen-bond acceptors (Lipinski definition) is 6. The van der Waals surface area contributed by atoms with Gasteiger partial charge in [-0.2, -0.15) is 9.94 Å². The van der Waals surface area contributed by atoms with Crippen molar-refractivity contribution in [2.24, 2.45) is 5.73 Å². The van der Waals surface area contributed by atoms with Crippen LogP contribution in [0.5, 0.6) is 0 Å². The molecule has 2 atom stereocenters. The second-order valence-corrected chi connectivity index (χ2v) is 4.32. The van der Waals surface area contributed by atoms with E-state index >= 15 is 0 Å². The van der Waals surface area contributed by atoms with Crippen LogP contribution in [0.2, 0.25) is 0 Å². The minimum atomic E-state index is -3.42. The molecule has 0 spiro atoms. The van der Waals surface area contributed by atoms with Crippen molar-refractivity contribution in [3.63, 3.8) is 0 Å². The summed E-state index contributed by atoms with van der Waals surface area (Å²) in [7, 11) is -2.28. The first-order valence-electron chi connectivity index (χ1n) is 3.21. The van der Waals surface area contributed by atoms with Crippen molar-refractivity contribution in [1.29, 1.82) is 5.26 Å². The van der Waals surface area contributed by atoms with E-state index in [-0.39, 0.29) is 12.6 Å². The van der Waals surface area contributed by atoms with Crippen LogP contribution in [-0.2, 0) is 13.8 Å². The molecule has 12 heavy (non-hydrogen) atoms. The quantitative estimate of drug-likeness (QED) is 0.376. The minimum absolute atomic E-state index is 0.0747. The Morgan fingerprint density at radius 2 is 2.42 bits per heavy atom. The Hall–Kier alpha value is -0.440. The summed E-state index contributed by atoms with van der Waals surface area (Å²) in [5.41, 5.74) is 5.21. The maximum absolute atomic E-state index is 11.1. The summed E-state index contributed by atoms with van der Waals surface area (Å²) in [4.78, 5) is 0. The van der Waals surface area contributed by atoms with Crippen molar-refractivity contribution < 1.29 is 19.0 Å². The maximum Gasteiger partial charge on any atom is 0.357 e. The van der Waals surface area contributed by atoms with Gasteiger partial charge in [0, 0.05) is 7.11 Å². The molecule has 0 aromatic heterocycles. The van der Waals surface area contributed by atoms with Gasteiger partial charge in [0.25, 0.3) is 0 Å². The molecule has 6 nitrogen and oxygen atoms in total. The normalized spacial score (nSPS) is 17.8. The van der Waals surface area contributed by atoms with Gasteiger partial charge in [0.2, 0.25) is 0 Å². The first kappa shape index (κ1) is 11.6. The van der Waals surface area contributed by atoms with Crippen LogP contribution in [0.25, 0.3) is 0 Å². The van der Waals surface area contributed by atoms with E-state index in [4.69, 9.17) is 16.3 Å². The Labute approximate surface area is 70.3 Å². The van der Waals surface area contributed by atoms with Crippen LogP contribution < -0.4 is 5.73 Å². The standard InChI is InChI=1S/C5H11N2O4P/c1-10-12(9,11-8)3-2-5(7)4-6/h5,8H,2-3,7H2,1H3. The molecule has 2 unspecified atom stereocenters. The van der Waals surface area contributed by atoms with Crippen LogP contribution in [0.3, 0.4) is 0 Å². The lowest BCUT2D eigenvalue weighted by Gasteiger charge is -2.11. The molecule has 0 radical (unpaired) electrons. The van der Waals surface area contributed by atoms with E-state index in [0.717, 1.165) is 7.11 Å². The molecular formula is C5H11N2O4P. The van der Waals surface area contributed by atoms with Crippen LogP contribution in [0.15, 0.2) is 0 Å². The molecule has 0 aromatic rings. The molecule has 7 heteroatoms. The highest BCUT2D eigenvalue weighted by molar-refractivity contribution is 7.53. The third-order valence-corrected chi connectivity index (χ3v) is 2.89. The van der Waals surface area contributed by atoms with Gasteiger partial charge < -0.3 is 10.3 Å². The van der Waals surface area contributed by atoms with Crippen LogP contribution >= 0.6 is 7.60 Å². The number of nitriles is 1. The smallest absolute Gasteiger partial charge is 0.316 e. The van der Waals surface area contributed by atoms with E-state index in [1.807, 2.05) is 0 Å². The molecule has 0 bridgehead atoms. The topological polar surface area (TPSA) is 106 Å². The number of nitrogens with two attached hydrogens (primary N) is 1. The van der Waals surface area contributed by atoms with Gasteiger partial charge in [-0.25, -0.2) is 5.26 Å². The predicted octanol–water partition coefficient (Wildman–Crippen LogP) is 0.556.